The minimum absolute atomic E-state index is 0. The van der Waals surface area contributed by atoms with Crippen molar-refractivity contribution in [2.75, 3.05) is 0 Å². The molecule has 0 aliphatic carbocycles. The zero-order valence-electron chi connectivity index (χ0n) is 12.7. The van der Waals surface area contributed by atoms with Crippen LogP contribution in [0.1, 0.15) is 66.1 Å². The van der Waals surface area contributed by atoms with Crippen LogP contribution in [0.3, 0.4) is 0 Å². The third-order valence-corrected chi connectivity index (χ3v) is 2.94. The molecule has 18 heavy (non-hydrogen) atoms. The van der Waals surface area contributed by atoms with Crippen LogP contribution in [0.2, 0.25) is 0 Å². The van der Waals surface area contributed by atoms with Crippen molar-refractivity contribution in [3.8, 4) is 0 Å². The Hall–Kier alpha value is -0.463. The van der Waals surface area contributed by atoms with Crippen molar-refractivity contribution in [3.63, 3.8) is 0 Å². The molecule has 0 aliphatic heterocycles. The van der Waals surface area contributed by atoms with Gasteiger partial charge in [0.1, 0.15) is 0 Å². The summed E-state index contributed by atoms with van der Waals surface area (Å²) in [7, 11) is 0. The van der Waals surface area contributed by atoms with Crippen molar-refractivity contribution in [3.05, 3.63) is 0 Å². The number of hydrogen-bond acceptors (Lipinski definition) is 2. The van der Waals surface area contributed by atoms with Crippen LogP contribution in [0, 0.1) is 5.92 Å². The van der Waals surface area contributed by atoms with Crippen molar-refractivity contribution in [1.82, 2.24) is 0 Å². The van der Waals surface area contributed by atoms with Gasteiger partial charge < -0.3 is 11.6 Å². The average molecular weight is 252 g/mol. The van der Waals surface area contributed by atoms with E-state index in [0.717, 1.165) is 12.8 Å². The fourth-order valence-electron chi connectivity index (χ4n) is 1.83. The average Bonchev–Trinajstić information content (AvgIpc) is 2.26. The van der Waals surface area contributed by atoms with Gasteiger partial charge in [0.15, 0.2) is 5.92 Å². The van der Waals surface area contributed by atoms with E-state index < -0.39 is 17.9 Å². The second-order valence-electron chi connectivity index (χ2n) is 4.49. The van der Waals surface area contributed by atoms with Gasteiger partial charge in [-0.05, 0) is 6.42 Å². The second kappa shape index (κ2) is 13.0. The number of rotatable bonds is 11. The van der Waals surface area contributed by atoms with Gasteiger partial charge in [0.05, 0.1) is 0 Å². The fourth-order valence-corrected chi connectivity index (χ4v) is 1.83. The Labute approximate surface area is 123 Å². The molecule has 0 aliphatic rings. The van der Waals surface area contributed by atoms with Gasteiger partial charge in [-0.1, -0.05) is 58.3 Å². The van der Waals surface area contributed by atoms with Gasteiger partial charge in [-0.3, -0.25) is 9.59 Å². The Morgan fingerprint density at radius 2 is 1.28 bits per heavy atom. The summed E-state index contributed by atoms with van der Waals surface area (Å²) in [5.74, 6) is -3.67. The molecular weight excluding hydrogens is 227 g/mol. The Bertz CT molecular complexity index is 223. The normalized spacial score (nSPS) is 10.1. The molecule has 0 saturated heterocycles. The predicted molar refractivity (Wildman–Crippen MR) is 67.1 cm³/mol. The number of hydrogen-bond donors (Lipinski definition) is 2. The molecule has 0 bridgehead atoms. The van der Waals surface area contributed by atoms with E-state index in [1.807, 2.05) is 0 Å². The van der Waals surface area contributed by atoms with Gasteiger partial charge >= 0.3 is 30.8 Å². The van der Waals surface area contributed by atoms with Gasteiger partial charge in [-0.15, -0.1) is 0 Å². The number of unbranched alkanes of at least 4 members (excludes halogenated alkanes) is 7. The summed E-state index contributed by atoms with van der Waals surface area (Å²) in [6.45, 7) is 2.18. The Kier molecular flexibility index (Phi) is 14.3. The first-order valence-electron chi connectivity index (χ1n) is 6.55. The molecule has 0 rings (SSSR count). The summed E-state index contributed by atoms with van der Waals surface area (Å²) < 4.78 is 0. The zero-order valence-corrected chi connectivity index (χ0v) is 11.7. The van der Waals surface area contributed by atoms with Crippen LogP contribution < -0.4 is 18.9 Å². The third kappa shape index (κ3) is 10.7. The van der Waals surface area contributed by atoms with E-state index in [4.69, 9.17) is 10.2 Å². The summed E-state index contributed by atoms with van der Waals surface area (Å²) >= 11 is 0. The number of carboxylic acids is 2. The van der Waals surface area contributed by atoms with Crippen molar-refractivity contribution in [2.45, 2.75) is 64.7 Å². The van der Waals surface area contributed by atoms with Gasteiger partial charge in [0, 0.05) is 0 Å². The van der Waals surface area contributed by atoms with Crippen LogP contribution in [0.25, 0.3) is 0 Å². The SMILES string of the molecule is CCCCCCCCCCC(C(=O)O)C(=O)O.[H-].[Li+]. The first-order valence-corrected chi connectivity index (χ1v) is 6.55. The third-order valence-electron chi connectivity index (χ3n) is 2.94. The second-order valence-corrected chi connectivity index (χ2v) is 4.49. The minimum Gasteiger partial charge on any atom is -1.00 e. The Balaban J connectivity index is -0.00000128. The molecule has 0 radical (unpaired) electrons. The number of carboxylic acid groups (broad SMARTS) is 2. The molecule has 0 aromatic carbocycles. The molecule has 0 aromatic heterocycles. The quantitative estimate of drug-likeness (QED) is 0.317. The summed E-state index contributed by atoms with van der Waals surface area (Å²) in [4.78, 5) is 21.2. The summed E-state index contributed by atoms with van der Waals surface area (Å²) in [5.41, 5.74) is 0. The largest absolute Gasteiger partial charge is 1.00 e. The van der Waals surface area contributed by atoms with E-state index in [1.54, 1.807) is 0 Å². The molecule has 0 amide bonds. The van der Waals surface area contributed by atoms with E-state index in [-0.39, 0.29) is 26.7 Å². The Morgan fingerprint density at radius 1 is 0.889 bits per heavy atom. The van der Waals surface area contributed by atoms with Gasteiger partial charge in [-0.25, -0.2) is 0 Å². The molecule has 0 unspecified atom stereocenters. The molecule has 0 aromatic rings. The number of aliphatic carboxylic acids is 2. The van der Waals surface area contributed by atoms with E-state index in [1.165, 1.54) is 32.1 Å². The molecule has 2 N–H and O–H groups in total. The topological polar surface area (TPSA) is 74.6 Å². The predicted octanol–water partition coefficient (Wildman–Crippen LogP) is 0.419. The summed E-state index contributed by atoms with van der Waals surface area (Å²) in [6, 6.07) is 0. The fraction of sp³-hybridized carbons (Fsp3) is 0.846. The maximum atomic E-state index is 10.6. The van der Waals surface area contributed by atoms with Crippen molar-refractivity contribution < 1.29 is 40.1 Å². The van der Waals surface area contributed by atoms with Crippen LogP contribution in [0.5, 0.6) is 0 Å². The van der Waals surface area contributed by atoms with E-state index in [0.29, 0.717) is 6.42 Å². The van der Waals surface area contributed by atoms with E-state index in [9.17, 15) is 9.59 Å². The van der Waals surface area contributed by atoms with Crippen molar-refractivity contribution in [1.29, 1.82) is 0 Å². The van der Waals surface area contributed by atoms with Crippen LogP contribution >= 0.6 is 0 Å². The maximum absolute atomic E-state index is 10.6. The van der Waals surface area contributed by atoms with Gasteiger partial charge in [0.2, 0.25) is 0 Å². The molecule has 0 fully saturated rings. The van der Waals surface area contributed by atoms with Crippen LogP contribution in [0.15, 0.2) is 0 Å². The van der Waals surface area contributed by atoms with E-state index >= 15 is 0 Å². The minimum atomic E-state index is -1.23. The Morgan fingerprint density at radius 3 is 1.67 bits per heavy atom. The molecule has 0 spiro atoms. The molecule has 4 nitrogen and oxygen atoms in total. The molecule has 102 valence electrons. The monoisotopic (exact) mass is 252 g/mol. The van der Waals surface area contributed by atoms with Crippen molar-refractivity contribution in [2.24, 2.45) is 5.92 Å². The first-order chi connectivity index (χ1) is 8.09. The summed E-state index contributed by atoms with van der Waals surface area (Å²) in [5, 5.41) is 17.3. The zero-order chi connectivity index (χ0) is 13.1. The molecule has 0 atom stereocenters. The number of carbonyl (C=O) groups is 2. The standard InChI is InChI=1S/C13H24O4.Li.H/c1-2-3-4-5-6-7-8-9-10-11(12(14)15)13(16)17;;/h11H,2-10H2,1H3,(H,14,15)(H,16,17);;/q;+1;-1. The van der Waals surface area contributed by atoms with E-state index in [2.05, 4.69) is 6.92 Å². The first kappa shape index (κ1) is 19.9. The van der Waals surface area contributed by atoms with Crippen LogP contribution in [-0.2, 0) is 9.59 Å². The smallest absolute Gasteiger partial charge is 1.00 e. The van der Waals surface area contributed by atoms with Crippen LogP contribution in [-0.4, -0.2) is 22.2 Å². The molecule has 5 heteroatoms. The summed E-state index contributed by atoms with van der Waals surface area (Å²) in [6.07, 6.45) is 9.14. The maximum Gasteiger partial charge on any atom is 1.00 e. The molecular formula is C13H25LiO4. The molecule has 0 saturated carbocycles. The molecule has 0 heterocycles. The van der Waals surface area contributed by atoms with Crippen LogP contribution in [0.4, 0.5) is 0 Å². The van der Waals surface area contributed by atoms with Crippen molar-refractivity contribution >= 4 is 11.9 Å². The van der Waals surface area contributed by atoms with Gasteiger partial charge in [0.25, 0.3) is 0 Å². The van der Waals surface area contributed by atoms with Gasteiger partial charge in [-0.2, -0.15) is 0 Å².